The molecule has 0 aromatic heterocycles. The van der Waals surface area contributed by atoms with Gasteiger partial charge in [-0.25, -0.2) is 0 Å². The maximum absolute atomic E-state index is 13.0. The Balaban J connectivity index is 3.00. The van der Waals surface area contributed by atoms with Crippen LogP contribution in [0.1, 0.15) is 46.5 Å². The first-order chi connectivity index (χ1) is 9.86. The minimum atomic E-state index is -5.75. The molecular formula is C14H20F6O2. The van der Waals surface area contributed by atoms with Gasteiger partial charge in [0.05, 0.1) is 0 Å². The zero-order chi connectivity index (χ0) is 17.3. The van der Waals surface area contributed by atoms with Gasteiger partial charge in [0.2, 0.25) is 0 Å². The quantitative estimate of drug-likeness (QED) is 0.543. The molecule has 3 atom stereocenters. The minimum Gasteiger partial charge on any atom is -0.461 e. The predicted octanol–water partition coefficient (Wildman–Crippen LogP) is 4.88. The average molecular weight is 334 g/mol. The van der Waals surface area contributed by atoms with E-state index in [2.05, 4.69) is 4.74 Å². The Morgan fingerprint density at radius 1 is 1.00 bits per heavy atom. The van der Waals surface area contributed by atoms with Crippen LogP contribution in [0, 0.1) is 17.3 Å². The lowest BCUT2D eigenvalue weighted by atomic mass is 9.79. The van der Waals surface area contributed by atoms with Crippen molar-refractivity contribution >= 4 is 5.97 Å². The van der Waals surface area contributed by atoms with Gasteiger partial charge < -0.3 is 4.74 Å². The molecule has 8 heteroatoms. The third kappa shape index (κ3) is 3.35. The van der Waals surface area contributed by atoms with Gasteiger partial charge in [-0.15, -0.1) is 0 Å². The highest BCUT2D eigenvalue weighted by Crippen LogP contribution is 2.53. The minimum absolute atomic E-state index is 0.0827. The van der Waals surface area contributed by atoms with Crippen molar-refractivity contribution in [1.29, 1.82) is 0 Å². The van der Waals surface area contributed by atoms with Gasteiger partial charge in [0, 0.05) is 0 Å². The fourth-order valence-corrected chi connectivity index (χ4v) is 2.79. The van der Waals surface area contributed by atoms with Crippen LogP contribution in [0.25, 0.3) is 0 Å². The highest BCUT2D eigenvalue weighted by molar-refractivity contribution is 5.79. The van der Waals surface area contributed by atoms with Crippen molar-refractivity contribution in [3.8, 4) is 0 Å². The standard InChI is InChI=1S/C14H20F6O2/c1-4-12(13(15,16)17,14(18,19)20)11(21)22-10-6-5-8(2)9(3)7-10/h8-10H,4-7H2,1-3H3/t8-,9+,10-/m0/s1. The van der Waals surface area contributed by atoms with Crippen LogP contribution in [-0.2, 0) is 9.53 Å². The predicted molar refractivity (Wildman–Crippen MR) is 66.9 cm³/mol. The second-order valence-electron chi connectivity index (χ2n) is 6.05. The van der Waals surface area contributed by atoms with E-state index in [0.29, 0.717) is 19.3 Å². The fraction of sp³-hybridized carbons (Fsp3) is 0.929. The monoisotopic (exact) mass is 334 g/mol. The molecular weight excluding hydrogens is 314 g/mol. The summed E-state index contributed by atoms with van der Waals surface area (Å²) in [5.74, 6) is -1.85. The molecule has 0 aliphatic heterocycles. The number of carbonyl (C=O) groups is 1. The third-order valence-electron chi connectivity index (χ3n) is 4.67. The second-order valence-corrected chi connectivity index (χ2v) is 6.05. The van der Waals surface area contributed by atoms with E-state index < -0.39 is 36.3 Å². The summed E-state index contributed by atoms with van der Waals surface area (Å²) in [5.41, 5.74) is -4.45. The molecule has 1 aliphatic rings. The molecule has 0 aromatic carbocycles. The van der Waals surface area contributed by atoms with Gasteiger partial charge in [-0.1, -0.05) is 20.8 Å². The molecule has 0 amide bonds. The lowest BCUT2D eigenvalue weighted by molar-refractivity contribution is -0.334. The lowest BCUT2D eigenvalue weighted by Crippen LogP contribution is -2.56. The van der Waals surface area contributed by atoms with Gasteiger partial charge in [0.25, 0.3) is 5.41 Å². The SMILES string of the molecule is CCC(C(=O)O[C@H]1CC[C@H](C)[C@H](C)C1)(C(F)(F)F)C(F)(F)F. The maximum atomic E-state index is 13.0. The van der Waals surface area contributed by atoms with Gasteiger partial charge in [-0.05, 0) is 37.5 Å². The number of ether oxygens (including phenoxy) is 1. The molecule has 0 heterocycles. The number of carbonyl (C=O) groups excluding carboxylic acids is 1. The summed E-state index contributed by atoms with van der Waals surface area (Å²) in [4.78, 5) is 11.8. The molecule has 1 saturated carbocycles. The molecule has 2 nitrogen and oxygen atoms in total. The second kappa shape index (κ2) is 6.28. The normalized spacial score (nSPS) is 27.6. The van der Waals surface area contributed by atoms with E-state index in [9.17, 15) is 31.1 Å². The number of halogens is 6. The summed E-state index contributed by atoms with van der Waals surface area (Å²) in [6.45, 7) is 4.48. The lowest BCUT2D eigenvalue weighted by Gasteiger charge is -2.37. The zero-order valence-corrected chi connectivity index (χ0v) is 12.6. The molecule has 0 aromatic rings. The van der Waals surface area contributed by atoms with E-state index in [-0.39, 0.29) is 18.8 Å². The Morgan fingerprint density at radius 3 is 1.86 bits per heavy atom. The molecule has 0 bridgehead atoms. The molecule has 0 spiro atoms. The smallest absolute Gasteiger partial charge is 0.413 e. The first-order valence-corrected chi connectivity index (χ1v) is 7.21. The number of rotatable bonds is 3. The summed E-state index contributed by atoms with van der Waals surface area (Å²) in [6, 6.07) is 0. The number of hydrogen-bond donors (Lipinski definition) is 0. The van der Waals surface area contributed by atoms with Crippen LogP contribution < -0.4 is 0 Å². The summed E-state index contributed by atoms with van der Waals surface area (Å²) in [5, 5.41) is 0. The van der Waals surface area contributed by atoms with E-state index in [1.807, 2.05) is 13.8 Å². The van der Waals surface area contributed by atoms with Crippen LogP contribution in [0.2, 0.25) is 0 Å². The zero-order valence-electron chi connectivity index (χ0n) is 12.6. The highest BCUT2D eigenvalue weighted by Gasteiger charge is 2.75. The van der Waals surface area contributed by atoms with E-state index in [1.165, 1.54) is 0 Å². The summed E-state index contributed by atoms with van der Waals surface area (Å²) in [6.07, 6.45) is -12.6. The van der Waals surface area contributed by atoms with Crippen LogP contribution >= 0.6 is 0 Å². The van der Waals surface area contributed by atoms with Gasteiger partial charge in [-0.3, -0.25) is 4.79 Å². The molecule has 1 fully saturated rings. The van der Waals surface area contributed by atoms with Gasteiger partial charge >= 0.3 is 18.3 Å². The van der Waals surface area contributed by atoms with Crippen LogP contribution in [0.15, 0.2) is 0 Å². The Labute approximate surface area is 125 Å². The van der Waals surface area contributed by atoms with Gasteiger partial charge in [-0.2, -0.15) is 26.3 Å². The summed E-state index contributed by atoms with van der Waals surface area (Å²) < 4.78 is 82.6. The molecule has 0 unspecified atom stereocenters. The first kappa shape index (κ1) is 19.1. The molecule has 0 N–H and O–H groups in total. The van der Waals surface area contributed by atoms with Crippen LogP contribution in [0.4, 0.5) is 26.3 Å². The molecule has 130 valence electrons. The van der Waals surface area contributed by atoms with Crippen LogP contribution in [0.3, 0.4) is 0 Å². The van der Waals surface area contributed by atoms with Crippen molar-refractivity contribution in [3.63, 3.8) is 0 Å². The van der Waals surface area contributed by atoms with E-state index >= 15 is 0 Å². The van der Waals surface area contributed by atoms with Crippen molar-refractivity contribution in [3.05, 3.63) is 0 Å². The van der Waals surface area contributed by atoms with Crippen molar-refractivity contribution in [2.24, 2.45) is 17.3 Å². The van der Waals surface area contributed by atoms with E-state index in [1.54, 1.807) is 0 Å². The van der Waals surface area contributed by atoms with Crippen molar-refractivity contribution in [1.82, 2.24) is 0 Å². The Bertz CT molecular complexity index is 387. The average Bonchev–Trinajstić information content (AvgIpc) is 2.31. The topological polar surface area (TPSA) is 26.3 Å². The largest absolute Gasteiger partial charge is 0.461 e. The maximum Gasteiger partial charge on any atom is 0.413 e. The van der Waals surface area contributed by atoms with Crippen LogP contribution in [-0.4, -0.2) is 24.4 Å². The summed E-state index contributed by atoms with van der Waals surface area (Å²) in [7, 11) is 0. The van der Waals surface area contributed by atoms with Crippen LogP contribution in [0.5, 0.6) is 0 Å². The fourth-order valence-electron chi connectivity index (χ4n) is 2.79. The highest BCUT2D eigenvalue weighted by atomic mass is 19.4. The van der Waals surface area contributed by atoms with Crippen molar-refractivity contribution in [2.45, 2.75) is 64.9 Å². The molecule has 1 rings (SSSR count). The molecule has 22 heavy (non-hydrogen) atoms. The van der Waals surface area contributed by atoms with Crippen molar-refractivity contribution in [2.75, 3.05) is 0 Å². The van der Waals surface area contributed by atoms with Gasteiger partial charge in [0.15, 0.2) is 0 Å². The number of alkyl halides is 6. The number of hydrogen-bond acceptors (Lipinski definition) is 2. The third-order valence-corrected chi connectivity index (χ3v) is 4.67. The Kier molecular flexibility index (Phi) is 5.45. The van der Waals surface area contributed by atoms with Crippen molar-refractivity contribution < 1.29 is 35.9 Å². The van der Waals surface area contributed by atoms with E-state index in [0.717, 1.165) is 0 Å². The molecule has 1 aliphatic carbocycles. The Hall–Kier alpha value is -0.950. The molecule has 0 radical (unpaired) electrons. The Morgan fingerprint density at radius 2 is 1.50 bits per heavy atom. The van der Waals surface area contributed by atoms with E-state index in [4.69, 9.17) is 0 Å². The molecule has 0 saturated heterocycles. The summed E-state index contributed by atoms with van der Waals surface area (Å²) >= 11 is 0. The van der Waals surface area contributed by atoms with Gasteiger partial charge in [0.1, 0.15) is 6.10 Å². The number of esters is 1. The first-order valence-electron chi connectivity index (χ1n) is 7.21.